The van der Waals surface area contributed by atoms with Gasteiger partial charge >= 0.3 is 0 Å². The van der Waals surface area contributed by atoms with Crippen molar-refractivity contribution in [3.8, 4) is 0 Å². The van der Waals surface area contributed by atoms with Crippen molar-refractivity contribution < 1.29 is 9.18 Å². The van der Waals surface area contributed by atoms with E-state index in [9.17, 15) is 9.18 Å². The van der Waals surface area contributed by atoms with E-state index in [2.05, 4.69) is 30.3 Å². The molecule has 0 aliphatic carbocycles. The average Bonchev–Trinajstić information content (AvgIpc) is 2.88. The highest BCUT2D eigenvalue weighted by molar-refractivity contribution is 6.07. The molecule has 0 unspecified atom stereocenters. The van der Waals surface area contributed by atoms with Crippen LogP contribution in [-0.2, 0) is 6.54 Å². The molecule has 1 amide bonds. The summed E-state index contributed by atoms with van der Waals surface area (Å²) in [7, 11) is 0. The molecule has 1 aliphatic rings. The minimum atomic E-state index is -0.281. The normalized spacial score (nSPS) is 13.8. The van der Waals surface area contributed by atoms with E-state index in [1.165, 1.54) is 12.1 Å². The van der Waals surface area contributed by atoms with E-state index in [4.69, 9.17) is 0 Å². The van der Waals surface area contributed by atoms with Crippen LogP contribution >= 0.6 is 0 Å². The first-order chi connectivity index (χ1) is 16.2. The molecule has 4 aromatic rings. The molecule has 2 aromatic carbocycles. The smallest absolute Gasteiger partial charge is 0.272 e. The number of hydrogen-bond donors (Lipinski definition) is 1. The molecule has 5 rings (SSSR count). The highest BCUT2D eigenvalue weighted by Crippen LogP contribution is 2.27. The van der Waals surface area contributed by atoms with Crippen molar-refractivity contribution >= 4 is 28.2 Å². The molecule has 0 atom stereocenters. The van der Waals surface area contributed by atoms with Crippen molar-refractivity contribution in [3.05, 3.63) is 90.1 Å². The van der Waals surface area contributed by atoms with Crippen molar-refractivity contribution in [1.29, 1.82) is 0 Å². The molecule has 1 aliphatic heterocycles. The average molecular weight is 442 g/mol. The Morgan fingerprint density at radius 2 is 1.55 bits per heavy atom. The minimum absolute atomic E-state index is 0.233. The molecule has 3 heterocycles. The van der Waals surface area contributed by atoms with Crippen molar-refractivity contribution in [1.82, 2.24) is 20.5 Å². The standard InChI is InChI=1S/C25H23FN6O/c26-18-8-10-20(11-9-18)31-13-15-32(16-14-31)24-22-7-2-1-6-21(22)23(29-30-24)25(33)28-17-19-5-3-4-12-27-19/h1-12H,13-17H2,(H,28,33). The predicted octanol–water partition coefficient (Wildman–Crippen LogP) is 3.42. The van der Waals surface area contributed by atoms with E-state index in [1.54, 1.807) is 18.3 Å². The molecule has 2 aromatic heterocycles. The molecular weight excluding hydrogens is 419 g/mol. The van der Waals surface area contributed by atoms with Crippen molar-refractivity contribution in [2.75, 3.05) is 36.0 Å². The Bertz CT molecular complexity index is 1260. The number of fused-ring (bicyclic) bond motifs is 1. The van der Waals surface area contributed by atoms with E-state index < -0.39 is 0 Å². The number of anilines is 2. The molecule has 1 fully saturated rings. The molecule has 7 nitrogen and oxygen atoms in total. The fourth-order valence-electron chi connectivity index (χ4n) is 4.08. The summed E-state index contributed by atoms with van der Waals surface area (Å²) in [6.07, 6.45) is 1.70. The van der Waals surface area contributed by atoms with Gasteiger partial charge in [0.25, 0.3) is 5.91 Å². The summed E-state index contributed by atoms with van der Waals surface area (Å²) in [5.41, 5.74) is 2.08. The molecule has 0 saturated carbocycles. The lowest BCUT2D eigenvalue weighted by molar-refractivity contribution is 0.0946. The Hall–Kier alpha value is -4.07. The van der Waals surface area contributed by atoms with Crippen LogP contribution in [0.2, 0.25) is 0 Å². The third-order valence-electron chi connectivity index (χ3n) is 5.81. The summed E-state index contributed by atoms with van der Waals surface area (Å²) in [4.78, 5) is 21.5. The number of nitrogens with one attached hydrogen (secondary N) is 1. The lowest BCUT2D eigenvalue weighted by atomic mass is 10.1. The maximum Gasteiger partial charge on any atom is 0.272 e. The molecule has 166 valence electrons. The van der Waals surface area contributed by atoms with Gasteiger partial charge in [-0.15, -0.1) is 10.2 Å². The van der Waals surface area contributed by atoms with E-state index in [0.29, 0.717) is 12.2 Å². The fourth-order valence-corrected chi connectivity index (χ4v) is 4.08. The number of aromatic nitrogens is 3. The number of hydrogen-bond acceptors (Lipinski definition) is 6. The third-order valence-corrected chi connectivity index (χ3v) is 5.81. The monoisotopic (exact) mass is 442 g/mol. The van der Waals surface area contributed by atoms with Gasteiger partial charge in [0.1, 0.15) is 5.82 Å². The number of benzene rings is 2. The van der Waals surface area contributed by atoms with Gasteiger partial charge in [0, 0.05) is 48.8 Å². The second-order valence-electron chi connectivity index (χ2n) is 7.87. The first-order valence-corrected chi connectivity index (χ1v) is 10.9. The third kappa shape index (κ3) is 4.45. The number of carbonyl (C=O) groups is 1. The lowest BCUT2D eigenvalue weighted by Crippen LogP contribution is -2.47. The summed E-state index contributed by atoms with van der Waals surface area (Å²) in [5.74, 6) is 0.256. The summed E-state index contributed by atoms with van der Waals surface area (Å²) in [6.45, 7) is 3.40. The van der Waals surface area contributed by atoms with Gasteiger partial charge in [-0.3, -0.25) is 9.78 Å². The summed E-state index contributed by atoms with van der Waals surface area (Å²) >= 11 is 0. The Balaban J connectivity index is 1.34. The van der Waals surface area contributed by atoms with Crippen molar-refractivity contribution in [2.45, 2.75) is 6.54 Å². The SMILES string of the molecule is O=C(NCc1ccccn1)c1nnc(N2CCN(c3ccc(F)cc3)CC2)c2ccccc12. The van der Waals surface area contributed by atoms with Crippen LogP contribution in [0.5, 0.6) is 0 Å². The fraction of sp³-hybridized carbons (Fsp3) is 0.200. The number of piperazine rings is 1. The van der Waals surface area contributed by atoms with Gasteiger partial charge < -0.3 is 15.1 Å². The first kappa shape index (κ1) is 20.8. The molecule has 1 N–H and O–H groups in total. The minimum Gasteiger partial charge on any atom is -0.368 e. The zero-order valence-electron chi connectivity index (χ0n) is 18.0. The molecule has 33 heavy (non-hydrogen) atoms. The molecule has 0 spiro atoms. The Kier molecular flexibility index (Phi) is 5.80. The number of pyridine rings is 1. The van der Waals surface area contributed by atoms with Gasteiger partial charge in [-0.05, 0) is 36.4 Å². The summed E-state index contributed by atoms with van der Waals surface area (Å²) in [6, 6.07) is 19.9. The molecular formula is C25H23FN6O. The zero-order valence-corrected chi connectivity index (χ0v) is 18.0. The van der Waals surface area contributed by atoms with Crippen LogP contribution in [0.15, 0.2) is 72.9 Å². The van der Waals surface area contributed by atoms with Gasteiger partial charge in [0.2, 0.25) is 0 Å². The topological polar surface area (TPSA) is 74.2 Å². The first-order valence-electron chi connectivity index (χ1n) is 10.9. The zero-order chi connectivity index (χ0) is 22.6. The molecule has 1 saturated heterocycles. The number of rotatable bonds is 5. The Morgan fingerprint density at radius 3 is 2.27 bits per heavy atom. The van der Waals surface area contributed by atoms with Gasteiger partial charge in [-0.1, -0.05) is 30.3 Å². The highest BCUT2D eigenvalue weighted by atomic mass is 19.1. The molecule has 0 radical (unpaired) electrons. The molecule has 8 heteroatoms. The predicted molar refractivity (Wildman–Crippen MR) is 126 cm³/mol. The van der Waals surface area contributed by atoms with Crippen LogP contribution in [-0.4, -0.2) is 47.3 Å². The van der Waals surface area contributed by atoms with E-state index in [1.807, 2.05) is 42.5 Å². The number of nitrogens with zero attached hydrogens (tertiary/aromatic N) is 5. The maximum atomic E-state index is 13.2. The van der Waals surface area contributed by atoms with Gasteiger partial charge in [-0.25, -0.2) is 4.39 Å². The van der Waals surface area contributed by atoms with Gasteiger partial charge in [-0.2, -0.15) is 0 Å². The van der Waals surface area contributed by atoms with Crippen molar-refractivity contribution in [2.24, 2.45) is 0 Å². The van der Waals surface area contributed by atoms with Crippen LogP contribution in [0, 0.1) is 5.82 Å². The quantitative estimate of drug-likeness (QED) is 0.511. The number of amides is 1. The van der Waals surface area contributed by atoms with Crippen LogP contribution in [0.3, 0.4) is 0 Å². The Labute approximate surface area is 190 Å². The molecule has 0 bridgehead atoms. The van der Waals surface area contributed by atoms with E-state index in [-0.39, 0.29) is 11.7 Å². The largest absolute Gasteiger partial charge is 0.368 e. The van der Waals surface area contributed by atoms with Crippen molar-refractivity contribution in [3.63, 3.8) is 0 Å². The second kappa shape index (κ2) is 9.20. The number of carbonyl (C=O) groups excluding carboxylic acids is 1. The van der Waals surface area contributed by atoms with Crippen LogP contribution < -0.4 is 15.1 Å². The second-order valence-corrected chi connectivity index (χ2v) is 7.87. The Morgan fingerprint density at radius 1 is 0.848 bits per heavy atom. The van der Waals surface area contributed by atoms with E-state index in [0.717, 1.165) is 54.2 Å². The van der Waals surface area contributed by atoms with Gasteiger partial charge in [0.05, 0.1) is 12.2 Å². The van der Waals surface area contributed by atoms with Crippen LogP contribution in [0.1, 0.15) is 16.2 Å². The van der Waals surface area contributed by atoms with Crippen LogP contribution in [0.4, 0.5) is 15.9 Å². The summed E-state index contributed by atoms with van der Waals surface area (Å²) < 4.78 is 13.2. The maximum absolute atomic E-state index is 13.2. The number of halogens is 1. The van der Waals surface area contributed by atoms with Gasteiger partial charge in [0.15, 0.2) is 11.5 Å². The lowest BCUT2D eigenvalue weighted by Gasteiger charge is -2.37. The highest BCUT2D eigenvalue weighted by Gasteiger charge is 2.23. The van der Waals surface area contributed by atoms with E-state index >= 15 is 0 Å². The summed E-state index contributed by atoms with van der Waals surface area (Å²) in [5, 5.41) is 13.3. The van der Waals surface area contributed by atoms with Crippen LogP contribution in [0.25, 0.3) is 10.8 Å².